The highest BCUT2D eigenvalue weighted by atomic mass is 16.5. The molecule has 1 aromatic carbocycles. The predicted molar refractivity (Wildman–Crippen MR) is 111 cm³/mol. The van der Waals surface area contributed by atoms with Crippen LogP contribution in [0.1, 0.15) is 25.8 Å². The van der Waals surface area contributed by atoms with Gasteiger partial charge in [-0.2, -0.15) is 0 Å². The second-order valence-electron chi connectivity index (χ2n) is 7.32. The Morgan fingerprint density at radius 3 is 2.35 bits per heavy atom. The number of rotatable bonds is 14. The van der Waals surface area contributed by atoms with Crippen molar-refractivity contribution in [3.8, 4) is 0 Å². The number of primary amides is 1. The van der Waals surface area contributed by atoms with Crippen LogP contribution in [0.5, 0.6) is 0 Å². The molecule has 0 fully saturated rings. The summed E-state index contributed by atoms with van der Waals surface area (Å²) in [7, 11) is 0. The van der Waals surface area contributed by atoms with E-state index in [1.165, 1.54) is 0 Å². The van der Waals surface area contributed by atoms with Gasteiger partial charge in [-0.05, 0) is 19.4 Å². The SMILES string of the molecule is CC(C)(CC(N)=O)OCNC(=O)CNC(=O)[C@H](Cc1ccccc1)NC(=O)CNC=O. The summed E-state index contributed by atoms with van der Waals surface area (Å²) in [5, 5.41) is 9.67. The fourth-order valence-corrected chi connectivity index (χ4v) is 2.57. The predicted octanol–water partition coefficient (Wildman–Crippen LogP) is -1.68. The lowest BCUT2D eigenvalue weighted by Gasteiger charge is -2.24. The standard InChI is InChI=1S/C20H29N5O6/c1-20(2,9-16(21)27)31-13-24-17(28)11-23-19(30)15(25-18(29)10-22-12-26)8-14-6-4-3-5-7-14/h3-7,12,15H,8-11,13H2,1-2H3,(H2,21,27)(H,22,26)(H,23,30)(H,24,28)(H,25,29)/t15-/m0/s1. The minimum atomic E-state index is -0.943. The molecule has 1 atom stereocenters. The zero-order chi connectivity index (χ0) is 23.3. The fourth-order valence-electron chi connectivity index (χ4n) is 2.57. The minimum Gasteiger partial charge on any atom is -0.370 e. The van der Waals surface area contributed by atoms with Crippen LogP contribution in [-0.2, 0) is 35.1 Å². The summed E-state index contributed by atoms with van der Waals surface area (Å²) >= 11 is 0. The monoisotopic (exact) mass is 435 g/mol. The Balaban J connectivity index is 2.56. The van der Waals surface area contributed by atoms with Crippen molar-refractivity contribution in [2.45, 2.75) is 38.3 Å². The van der Waals surface area contributed by atoms with E-state index in [4.69, 9.17) is 10.5 Å². The van der Waals surface area contributed by atoms with Crippen LogP contribution in [0.4, 0.5) is 0 Å². The van der Waals surface area contributed by atoms with Crippen molar-refractivity contribution in [3.63, 3.8) is 0 Å². The van der Waals surface area contributed by atoms with Crippen LogP contribution in [0.2, 0.25) is 0 Å². The van der Waals surface area contributed by atoms with Gasteiger partial charge in [-0.15, -0.1) is 0 Å². The Hall–Kier alpha value is -3.47. The summed E-state index contributed by atoms with van der Waals surface area (Å²) < 4.78 is 5.40. The van der Waals surface area contributed by atoms with E-state index in [1.807, 2.05) is 6.07 Å². The summed E-state index contributed by atoms with van der Waals surface area (Å²) in [6.45, 7) is 2.52. The summed E-state index contributed by atoms with van der Waals surface area (Å²) in [6, 6.07) is 8.08. The highest BCUT2D eigenvalue weighted by Gasteiger charge is 2.23. The van der Waals surface area contributed by atoms with Crippen molar-refractivity contribution in [1.82, 2.24) is 21.3 Å². The summed E-state index contributed by atoms with van der Waals surface area (Å²) in [5.41, 5.74) is 5.09. The number of amides is 5. The van der Waals surface area contributed by atoms with Gasteiger partial charge in [0.05, 0.1) is 25.1 Å². The van der Waals surface area contributed by atoms with Gasteiger partial charge in [0.2, 0.25) is 30.0 Å². The van der Waals surface area contributed by atoms with Crippen molar-refractivity contribution in [1.29, 1.82) is 0 Å². The molecule has 11 nitrogen and oxygen atoms in total. The smallest absolute Gasteiger partial charge is 0.243 e. The van der Waals surface area contributed by atoms with E-state index in [0.29, 0.717) is 6.41 Å². The van der Waals surface area contributed by atoms with Crippen LogP contribution in [0.3, 0.4) is 0 Å². The van der Waals surface area contributed by atoms with Gasteiger partial charge in [-0.25, -0.2) is 0 Å². The highest BCUT2D eigenvalue weighted by Crippen LogP contribution is 2.12. The van der Waals surface area contributed by atoms with Gasteiger partial charge in [0.25, 0.3) is 0 Å². The van der Waals surface area contributed by atoms with E-state index >= 15 is 0 Å². The van der Waals surface area contributed by atoms with Crippen LogP contribution in [0.15, 0.2) is 30.3 Å². The van der Waals surface area contributed by atoms with Gasteiger partial charge in [0.1, 0.15) is 12.8 Å². The number of ether oxygens (including phenoxy) is 1. The lowest BCUT2D eigenvalue weighted by atomic mass is 10.1. The maximum Gasteiger partial charge on any atom is 0.243 e. The fraction of sp³-hybridized carbons (Fsp3) is 0.450. The van der Waals surface area contributed by atoms with Gasteiger partial charge < -0.3 is 31.7 Å². The molecule has 0 saturated carbocycles. The van der Waals surface area contributed by atoms with Gasteiger partial charge in [0, 0.05) is 6.42 Å². The first kappa shape index (κ1) is 25.6. The Bertz CT molecular complexity index is 769. The minimum absolute atomic E-state index is 0.0145. The Labute approximate surface area is 180 Å². The number of benzene rings is 1. The van der Waals surface area contributed by atoms with Crippen molar-refractivity contribution >= 4 is 30.0 Å². The van der Waals surface area contributed by atoms with Crippen LogP contribution in [0, 0.1) is 0 Å². The molecule has 1 aromatic rings. The third-order valence-electron chi connectivity index (χ3n) is 4.04. The Morgan fingerprint density at radius 2 is 1.74 bits per heavy atom. The van der Waals surface area contributed by atoms with E-state index < -0.39 is 35.3 Å². The third-order valence-corrected chi connectivity index (χ3v) is 4.04. The molecule has 11 heteroatoms. The third kappa shape index (κ3) is 11.3. The molecule has 31 heavy (non-hydrogen) atoms. The molecular formula is C20H29N5O6. The molecule has 5 amide bonds. The number of nitrogens with one attached hydrogen (secondary N) is 4. The van der Waals surface area contributed by atoms with Gasteiger partial charge in [-0.3, -0.25) is 24.0 Å². The van der Waals surface area contributed by atoms with Gasteiger partial charge in [-0.1, -0.05) is 30.3 Å². The number of hydrogen-bond donors (Lipinski definition) is 5. The first-order valence-electron chi connectivity index (χ1n) is 9.60. The molecule has 0 spiro atoms. The normalized spacial score (nSPS) is 11.7. The number of carbonyl (C=O) groups is 5. The maximum absolute atomic E-state index is 12.5. The molecule has 0 aliphatic carbocycles. The highest BCUT2D eigenvalue weighted by molar-refractivity contribution is 5.91. The molecule has 1 rings (SSSR count). The van der Waals surface area contributed by atoms with E-state index in [0.717, 1.165) is 5.56 Å². The first-order valence-corrected chi connectivity index (χ1v) is 9.60. The summed E-state index contributed by atoms with van der Waals surface area (Å²) in [4.78, 5) is 57.7. The molecule has 6 N–H and O–H groups in total. The quantitative estimate of drug-likeness (QED) is 0.173. The van der Waals surface area contributed by atoms with Crippen molar-refractivity contribution in [2.24, 2.45) is 5.73 Å². The zero-order valence-electron chi connectivity index (χ0n) is 17.6. The van der Waals surface area contributed by atoms with E-state index in [2.05, 4.69) is 21.3 Å². The van der Waals surface area contributed by atoms with Crippen molar-refractivity contribution in [2.75, 3.05) is 19.8 Å². The van der Waals surface area contributed by atoms with Crippen LogP contribution in [-0.4, -0.2) is 61.5 Å². The number of hydrogen-bond acceptors (Lipinski definition) is 6. The first-order chi connectivity index (χ1) is 14.6. The Kier molecular flexibility index (Phi) is 10.7. The van der Waals surface area contributed by atoms with E-state index in [9.17, 15) is 24.0 Å². The van der Waals surface area contributed by atoms with Crippen LogP contribution in [0.25, 0.3) is 0 Å². The Morgan fingerprint density at radius 1 is 1.06 bits per heavy atom. The zero-order valence-corrected chi connectivity index (χ0v) is 17.6. The molecule has 0 aliphatic heterocycles. The van der Waals surface area contributed by atoms with Crippen molar-refractivity contribution in [3.05, 3.63) is 35.9 Å². The largest absolute Gasteiger partial charge is 0.370 e. The molecule has 0 aliphatic rings. The molecule has 0 saturated heterocycles. The second-order valence-corrected chi connectivity index (χ2v) is 7.32. The average molecular weight is 435 g/mol. The van der Waals surface area contributed by atoms with Gasteiger partial charge in [0.15, 0.2) is 0 Å². The molecular weight excluding hydrogens is 406 g/mol. The molecule has 0 radical (unpaired) electrons. The molecule has 0 bridgehead atoms. The van der Waals surface area contributed by atoms with Crippen LogP contribution >= 0.6 is 0 Å². The van der Waals surface area contributed by atoms with E-state index in [1.54, 1.807) is 38.1 Å². The van der Waals surface area contributed by atoms with E-state index in [-0.39, 0.29) is 32.7 Å². The summed E-state index contributed by atoms with van der Waals surface area (Å²) in [5.74, 6) is -2.15. The number of nitrogens with two attached hydrogens (primary N) is 1. The second kappa shape index (κ2) is 13.0. The van der Waals surface area contributed by atoms with Gasteiger partial charge >= 0.3 is 0 Å². The molecule has 0 unspecified atom stereocenters. The topological polar surface area (TPSA) is 169 Å². The molecule has 0 aromatic heterocycles. The lowest BCUT2D eigenvalue weighted by molar-refractivity contribution is -0.131. The van der Waals surface area contributed by atoms with Crippen molar-refractivity contribution < 1.29 is 28.7 Å². The maximum atomic E-state index is 12.5. The lowest BCUT2D eigenvalue weighted by Crippen LogP contribution is -2.51. The molecule has 0 heterocycles. The molecule has 170 valence electrons. The summed E-state index contributed by atoms with van der Waals surface area (Å²) in [6.07, 6.45) is 0.563. The van der Waals surface area contributed by atoms with Crippen LogP contribution < -0.4 is 27.0 Å². The average Bonchev–Trinajstić information content (AvgIpc) is 2.69. The number of carbonyl (C=O) groups excluding carboxylic acids is 5.